The topological polar surface area (TPSA) is 71.1 Å². The highest BCUT2D eigenvalue weighted by Crippen LogP contribution is 2.14. The molecule has 0 aliphatic heterocycles. The largest absolute Gasteiger partial charge is 0.326 e. The number of amides is 2. The first-order valence-corrected chi connectivity index (χ1v) is 7.17. The molecule has 114 valence electrons. The lowest BCUT2D eigenvalue weighted by Gasteiger charge is -2.09. The lowest BCUT2D eigenvalue weighted by molar-refractivity contribution is -0.118. The summed E-state index contributed by atoms with van der Waals surface area (Å²) in [6.07, 6.45) is 1.45. The molecule has 0 atom stereocenters. The molecule has 0 saturated carbocycles. The average molecular weight is 318 g/mol. The van der Waals surface area contributed by atoms with Gasteiger partial charge in [-0.2, -0.15) is 0 Å². The Morgan fingerprint density at radius 2 is 1.91 bits per heavy atom. The van der Waals surface area contributed by atoms with Crippen LogP contribution in [0.5, 0.6) is 0 Å². The number of halogens is 1. The van der Waals surface area contributed by atoms with Crippen LogP contribution in [0.25, 0.3) is 0 Å². The van der Waals surface area contributed by atoms with Crippen molar-refractivity contribution in [2.75, 3.05) is 10.6 Å². The quantitative estimate of drug-likeness (QED) is 0.905. The van der Waals surface area contributed by atoms with E-state index in [0.29, 0.717) is 22.1 Å². The van der Waals surface area contributed by atoms with E-state index < -0.39 is 0 Å². The molecule has 22 heavy (non-hydrogen) atoms. The molecular formula is C16H16ClN3O2. The zero-order valence-electron chi connectivity index (χ0n) is 12.3. The molecule has 2 N–H and O–H groups in total. The molecule has 0 aliphatic rings. The molecule has 5 nitrogen and oxygen atoms in total. The van der Waals surface area contributed by atoms with E-state index in [2.05, 4.69) is 15.6 Å². The van der Waals surface area contributed by atoms with E-state index in [0.717, 1.165) is 0 Å². The summed E-state index contributed by atoms with van der Waals surface area (Å²) in [7, 11) is 0. The van der Waals surface area contributed by atoms with Crippen molar-refractivity contribution in [3.05, 3.63) is 53.2 Å². The lowest BCUT2D eigenvalue weighted by Crippen LogP contribution is -2.18. The Morgan fingerprint density at radius 3 is 2.55 bits per heavy atom. The fraction of sp³-hybridized carbons (Fsp3) is 0.188. The molecule has 2 rings (SSSR count). The van der Waals surface area contributed by atoms with Gasteiger partial charge >= 0.3 is 0 Å². The van der Waals surface area contributed by atoms with Gasteiger partial charge < -0.3 is 10.6 Å². The molecule has 0 unspecified atom stereocenters. The molecule has 0 spiro atoms. The minimum atomic E-state index is -0.310. The van der Waals surface area contributed by atoms with Gasteiger partial charge in [0.2, 0.25) is 5.91 Å². The zero-order chi connectivity index (χ0) is 16.1. The van der Waals surface area contributed by atoms with Crippen LogP contribution in [0.2, 0.25) is 5.02 Å². The molecule has 0 radical (unpaired) electrons. The smallest absolute Gasteiger partial charge is 0.256 e. The van der Waals surface area contributed by atoms with Crippen molar-refractivity contribution in [1.29, 1.82) is 0 Å². The maximum atomic E-state index is 12.2. The standard InChI is InChI=1S/C16H16ClN3O2/c1-10(2)15(21)19-13-5-3-4-11(8-13)16(22)20-14-7-6-12(17)9-18-14/h3-10H,1-2H3,(H,19,21)(H,18,20,22). The molecule has 0 fully saturated rings. The van der Waals surface area contributed by atoms with Gasteiger partial charge in [-0.05, 0) is 30.3 Å². The second-order valence-corrected chi connectivity index (χ2v) is 5.48. The van der Waals surface area contributed by atoms with Crippen molar-refractivity contribution in [2.45, 2.75) is 13.8 Å². The highest BCUT2D eigenvalue weighted by molar-refractivity contribution is 6.30. The Labute approximate surface area is 133 Å². The van der Waals surface area contributed by atoms with Gasteiger partial charge in [0.15, 0.2) is 0 Å². The number of nitrogens with one attached hydrogen (secondary N) is 2. The summed E-state index contributed by atoms with van der Waals surface area (Å²) < 4.78 is 0. The first-order valence-electron chi connectivity index (χ1n) is 6.79. The molecule has 0 bridgehead atoms. The third kappa shape index (κ3) is 4.30. The first kappa shape index (κ1) is 16.0. The number of pyridine rings is 1. The normalized spacial score (nSPS) is 10.4. The predicted octanol–water partition coefficient (Wildman–Crippen LogP) is 3.58. The molecular weight excluding hydrogens is 302 g/mol. The molecule has 1 aromatic heterocycles. The van der Waals surface area contributed by atoms with E-state index in [-0.39, 0.29) is 17.7 Å². The van der Waals surface area contributed by atoms with Crippen molar-refractivity contribution in [1.82, 2.24) is 4.98 Å². The lowest BCUT2D eigenvalue weighted by atomic mass is 10.1. The first-order chi connectivity index (χ1) is 10.5. The number of carbonyl (C=O) groups is 2. The SMILES string of the molecule is CC(C)C(=O)Nc1cccc(C(=O)Nc2ccc(Cl)cn2)c1. The summed E-state index contributed by atoms with van der Waals surface area (Å²) in [5.74, 6) is -0.130. The van der Waals surface area contributed by atoms with E-state index in [4.69, 9.17) is 11.6 Å². The Balaban J connectivity index is 2.09. The van der Waals surface area contributed by atoms with Gasteiger partial charge in [-0.3, -0.25) is 9.59 Å². The van der Waals surface area contributed by atoms with Gasteiger partial charge in [0.05, 0.1) is 5.02 Å². The van der Waals surface area contributed by atoms with Crippen molar-refractivity contribution in [2.24, 2.45) is 5.92 Å². The van der Waals surface area contributed by atoms with Crippen LogP contribution < -0.4 is 10.6 Å². The molecule has 2 amide bonds. The van der Waals surface area contributed by atoms with Gasteiger partial charge in [0.1, 0.15) is 5.82 Å². The highest BCUT2D eigenvalue weighted by atomic mass is 35.5. The summed E-state index contributed by atoms with van der Waals surface area (Å²) in [6, 6.07) is 9.98. The Hall–Kier alpha value is -2.40. The number of carbonyl (C=O) groups excluding carboxylic acids is 2. The van der Waals surface area contributed by atoms with Crippen LogP contribution in [0.4, 0.5) is 11.5 Å². The fourth-order valence-electron chi connectivity index (χ4n) is 1.66. The number of aromatic nitrogens is 1. The Morgan fingerprint density at radius 1 is 1.14 bits per heavy atom. The van der Waals surface area contributed by atoms with Crippen LogP contribution in [0, 0.1) is 5.92 Å². The molecule has 2 aromatic rings. The van der Waals surface area contributed by atoms with Crippen LogP contribution >= 0.6 is 11.6 Å². The maximum Gasteiger partial charge on any atom is 0.256 e. The van der Waals surface area contributed by atoms with Gasteiger partial charge in [-0.1, -0.05) is 31.5 Å². The van der Waals surface area contributed by atoms with E-state index in [1.54, 1.807) is 50.2 Å². The molecule has 6 heteroatoms. The average Bonchev–Trinajstić information content (AvgIpc) is 2.49. The summed E-state index contributed by atoms with van der Waals surface area (Å²) in [5, 5.41) is 5.92. The van der Waals surface area contributed by atoms with Crippen molar-refractivity contribution in [3.63, 3.8) is 0 Å². The third-order valence-electron chi connectivity index (χ3n) is 2.89. The molecule has 0 aliphatic carbocycles. The van der Waals surface area contributed by atoms with Crippen molar-refractivity contribution < 1.29 is 9.59 Å². The van der Waals surface area contributed by atoms with Gasteiger partial charge in [-0.25, -0.2) is 4.98 Å². The predicted molar refractivity (Wildman–Crippen MR) is 87.1 cm³/mol. The molecule has 0 saturated heterocycles. The number of rotatable bonds is 4. The van der Waals surface area contributed by atoms with Crippen LogP contribution in [0.15, 0.2) is 42.6 Å². The highest BCUT2D eigenvalue weighted by Gasteiger charge is 2.10. The second kappa shape index (κ2) is 7.04. The van der Waals surface area contributed by atoms with Crippen molar-refractivity contribution >= 4 is 34.9 Å². The summed E-state index contributed by atoms with van der Waals surface area (Å²) in [4.78, 5) is 27.9. The monoisotopic (exact) mass is 317 g/mol. The van der Waals surface area contributed by atoms with Crippen LogP contribution in [-0.4, -0.2) is 16.8 Å². The van der Waals surface area contributed by atoms with Gasteiger partial charge in [0.25, 0.3) is 5.91 Å². The van der Waals surface area contributed by atoms with Crippen LogP contribution in [0.3, 0.4) is 0 Å². The summed E-state index contributed by atoms with van der Waals surface area (Å²) >= 11 is 5.74. The fourth-order valence-corrected chi connectivity index (χ4v) is 1.77. The van der Waals surface area contributed by atoms with E-state index in [1.807, 2.05) is 0 Å². The second-order valence-electron chi connectivity index (χ2n) is 5.04. The van der Waals surface area contributed by atoms with Crippen LogP contribution in [-0.2, 0) is 4.79 Å². The minimum absolute atomic E-state index is 0.100. The van der Waals surface area contributed by atoms with E-state index >= 15 is 0 Å². The van der Waals surface area contributed by atoms with Gasteiger partial charge in [-0.15, -0.1) is 0 Å². The molecule has 1 aromatic carbocycles. The minimum Gasteiger partial charge on any atom is -0.326 e. The molecule has 1 heterocycles. The number of benzene rings is 1. The Kier molecular flexibility index (Phi) is 5.12. The Bertz CT molecular complexity index is 684. The number of anilines is 2. The number of nitrogens with zero attached hydrogens (tertiary/aromatic N) is 1. The summed E-state index contributed by atoms with van der Waals surface area (Å²) in [5.41, 5.74) is 1.01. The van der Waals surface area contributed by atoms with E-state index in [9.17, 15) is 9.59 Å². The summed E-state index contributed by atoms with van der Waals surface area (Å²) in [6.45, 7) is 3.61. The number of hydrogen-bond acceptors (Lipinski definition) is 3. The van der Waals surface area contributed by atoms with Crippen molar-refractivity contribution in [3.8, 4) is 0 Å². The zero-order valence-corrected chi connectivity index (χ0v) is 13.0. The number of hydrogen-bond donors (Lipinski definition) is 2. The van der Waals surface area contributed by atoms with E-state index in [1.165, 1.54) is 6.20 Å². The third-order valence-corrected chi connectivity index (χ3v) is 3.11. The van der Waals surface area contributed by atoms with Gasteiger partial charge in [0, 0.05) is 23.4 Å². The van der Waals surface area contributed by atoms with Crippen LogP contribution in [0.1, 0.15) is 24.2 Å². The maximum absolute atomic E-state index is 12.2.